The molecule has 32 heavy (non-hydrogen) atoms. The normalized spacial score (nSPS) is 11.4. The third-order valence-corrected chi connectivity index (χ3v) is 6.82. The smallest absolute Gasteiger partial charge is 0.240 e. The molecule has 0 radical (unpaired) electrons. The Morgan fingerprint density at radius 3 is 2.06 bits per heavy atom. The summed E-state index contributed by atoms with van der Waals surface area (Å²) in [4.78, 5) is 23.0. The van der Waals surface area contributed by atoms with Crippen molar-refractivity contribution in [2.45, 2.75) is 19.8 Å². The molecule has 0 aliphatic rings. The third kappa shape index (κ3) is 4.74. The van der Waals surface area contributed by atoms with Crippen LogP contribution in [0.5, 0.6) is 0 Å². The van der Waals surface area contributed by atoms with Gasteiger partial charge in [-0.3, -0.25) is 9.69 Å². The van der Waals surface area contributed by atoms with E-state index in [0.717, 1.165) is 33.0 Å². The third-order valence-electron chi connectivity index (χ3n) is 5.59. The molecule has 0 aliphatic carbocycles. The molecule has 0 fully saturated rings. The topological polar surface area (TPSA) is 36.4 Å². The molecule has 4 aromatic rings. The summed E-state index contributed by atoms with van der Waals surface area (Å²) >= 11 is 1.60. The lowest BCUT2D eigenvalue weighted by atomic mass is 9.90. The van der Waals surface area contributed by atoms with Crippen molar-refractivity contribution in [2.75, 3.05) is 32.1 Å². The molecule has 0 bridgehead atoms. The molecule has 0 saturated heterocycles. The fourth-order valence-electron chi connectivity index (χ4n) is 4.00. The number of aromatic nitrogens is 1. The summed E-state index contributed by atoms with van der Waals surface area (Å²) < 4.78 is 1.14. The minimum absolute atomic E-state index is 0.0534. The lowest BCUT2D eigenvalue weighted by molar-refractivity contribution is -0.119. The maximum atomic E-state index is 14.2. The molecule has 4 rings (SSSR count). The first kappa shape index (κ1) is 22.2. The molecular weight excluding hydrogens is 414 g/mol. The number of anilines is 1. The Balaban J connectivity index is 1.81. The molecule has 3 aromatic carbocycles. The number of amides is 1. The molecule has 0 atom stereocenters. The second kappa shape index (κ2) is 9.63. The molecule has 1 heterocycles. The van der Waals surface area contributed by atoms with Gasteiger partial charge in [0.15, 0.2) is 5.13 Å². The minimum atomic E-state index is -0.380. The quantitative estimate of drug-likeness (QED) is 0.371. The molecule has 1 amide bonds. The molecule has 0 aliphatic heterocycles. The maximum Gasteiger partial charge on any atom is 0.240 e. The highest BCUT2D eigenvalue weighted by Gasteiger charge is 2.30. The van der Waals surface area contributed by atoms with E-state index in [4.69, 9.17) is 4.98 Å². The lowest BCUT2D eigenvalue weighted by Gasteiger charge is -2.27. The Hall–Kier alpha value is -3.02. The minimum Gasteiger partial charge on any atom is -0.308 e. The zero-order chi connectivity index (χ0) is 22.7. The van der Waals surface area contributed by atoms with E-state index >= 15 is 0 Å². The Labute approximate surface area is 194 Å². The molecule has 0 N–H and O–H groups in total. The Bertz CT molecular complexity index is 1160. The number of fused-ring (bicyclic) bond motifs is 1. The van der Waals surface area contributed by atoms with Gasteiger partial charge in [0.25, 0.3) is 0 Å². The number of benzene rings is 3. The van der Waals surface area contributed by atoms with Crippen LogP contribution in [0.1, 0.15) is 28.2 Å². The zero-order valence-electron chi connectivity index (χ0n) is 19.1. The highest BCUT2D eigenvalue weighted by molar-refractivity contribution is 7.22. The zero-order valence-corrected chi connectivity index (χ0v) is 19.9. The highest BCUT2D eigenvalue weighted by Crippen LogP contribution is 2.35. The van der Waals surface area contributed by atoms with E-state index in [0.29, 0.717) is 6.54 Å². The van der Waals surface area contributed by atoms with E-state index in [-0.39, 0.29) is 11.8 Å². The average Bonchev–Trinajstić information content (AvgIpc) is 3.19. The van der Waals surface area contributed by atoms with Crippen molar-refractivity contribution < 1.29 is 4.79 Å². The van der Waals surface area contributed by atoms with Crippen LogP contribution in [0, 0.1) is 13.8 Å². The van der Waals surface area contributed by atoms with E-state index in [9.17, 15) is 4.79 Å². The van der Waals surface area contributed by atoms with E-state index in [1.54, 1.807) is 11.3 Å². The summed E-state index contributed by atoms with van der Waals surface area (Å²) in [6, 6.07) is 24.3. The van der Waals surface area contributed by atoms with Crippen LogP contribution in [-0.2, 0) is 4.79 Å². The van der Waals surface area contributed by atoms with Crippen LogP contribution in [0.3, 0.4) is 0 Å². The number of thiazole rings is 1. The van der Waals surface area contributed by atoms with Gasteiger partial charge >= 0.3 is 0 Å². The number of rotatable bonds is 7. The predicted molar refractivity (Wildman–Crippen MR) is 135 cm³/mol. The number of aryl methyl sites for hydroxylation is 2. The first-order chi connectivity index (χ1) is 15.4. The van der Waals surface area contributed by atoms with E-state index in [2.05, 4.69) is 30.9 Å². The first-order valence-corrected chi connectivity index (χ1v) is 11.7. The van der Waals surface area contributed by atoms with Crippen molar-refractivity contribution in [2.24, 2.45) is 0 Å². The molecule has 0 saturated carbocycles. The number of nitrogens with zero attached hydrogens (tertiary/aromatic N) is 3. The summed E-state index contributed by atoms with van der Waals surface area (Å²) in [7, 11) is 4.06. The van der Waals surface area contributed by atoms with Crippen molar-refractivity contribution in [3.63, 3.8) is 0 Å². The van der Waals surface area contributed by atoms with Crippen molar-refractivity contribution in [1.29, 1.82) is 0 Å². The van der Waals surface area contributed by atoms with Crippen molar-refractivity contribution in [3.05, 3.63) is 95.1 Å². The van der Waals surface area contributed by atoms with Gasteiger partial charge in [-0.05, 0) is 56.3 Å². The summed E-state index contributed by atoms with van der Waals surface area (Å²) in [6.07, 6.45) is 0. The van der Waals surface area contributed by atoms with Crippen molar-refractivity contribution >= 4 is 32.6 Å². The molecule has 0 unspecified atom stereocenters. The number of carbonyl (C=O) groups is 1. The Kier molecular flexibility index (Phi) is 6.68. The second-order valence-corrected chi connectivity index (χ2v) is 9.45. The van der Waals surface area contributed by atoms with Crippen molar-refractivity contribution in [1.82, 2.24) is 9.88 Å². The van der Waals surface area contributed by atoms with Crippen LogP contribution in [0.15, 0.2) is 72.8 Å². The molecule has 5 heteroatoms. The van der Waals surface area contributed by atoms with Gasteiger partial charge in [-0.25, -0.2) is 4.98 Å². The monoisotopic (exact) mass is 443 g/mol. The SMILES string of the molecule is Cc1cc(C)c2sc(N(CCN(C)C)C(=O)C(c3ccccc3)c3ccccc3)nc2c1. The van der Waals surface area contributed by atoms with Crippen molar-refractivity contribution in [3.8, 4) is 0 Å². The summed E-state index contributed by atoms with van der Waals surface area (Å²) in [5, 5.41) is 0.761. The highest BCUT2D eigenvalue weighted by atomic mass is 32.1. The molecular formula is C27H29N3OS. The van der Waals surface area contributed by atoms with Crippen LogP contribution >= 0.6 is 11.3 Å². The van der Waals surface area contributed by atoms with Gasteiger partial charge in [0.05, 0.1) is 16.1 Å². The molecule has 4 nitrogen and oxygen atoms in total. The second-order valence-electron chi connectivity index (χ2n) is 8.47. The van der Waals surface area contributed by atoms with Crippen LogP contribution in [0.2, 0.25) is 0 Å². The Morgan fingerprint density at radius 1 is 0.906 bits per heavy atom. The predicted octanol–water partition coefficient (Wildman–Crippen LogP) is 5.64. The van der Waals surface area contributed by atoms with Gasteiger partial charge in [0.1, 0.15) is 0 Å². The number of hydrogen-bond acceptors (Lipinski definition) is 4. The largest absolute Gasteiger partial charge is 0.308 e. The van der Waals surface area contributed by atoms with E-state index < -0.39 is 0 Å². The van der Waals surface area contributed by atoms with Gasteiger partial charge in [-0.2, -0.15) is 0 Å². The average molecular weight is 444 g/mol. The summed E-state index contributed by atoms with van der Waals surface area (Å²) in [5.74, 6) is -0.327. The summed E-state index contributed by atoms with van der Waals surface area (Å²) in [5.41, 5.74) is 5.33. The van der Waals surface area contributed by atoms with Crippen LogP contribution in [-0.4, -0.2) is 43.0 Å². The van der Waals surface area contributed by atoms with E-state index in [1.807, 2.05) is 79.7 Å². The fraction of sp³-hybridized carbons (Fsp3) is 0.259. The first-order valence-electron chi connectivity index (χ1n) is 10.9. The van der Waals surface area contributed by atoms with Gasteiger partial charge in [-0.1, -0.05) is 78.1 Å². The molecule has 0 spiro atoms. The van der Waals surface area contributed by atoms with Gasteiger partial charge < -0.3 is 4.90 Å². The number of carbonyl (C=O) groups excluding carboxylic acids is 1. The maximum absolute atomic E-state index is 14.2. The molecule has 1 aromatic heterocycles. The fourth-order valence-corrected chi connectivity index (χ4v) is 5.05. The molecule has 164 valence electrons. The van der Waals surface area contributed by atoms with Gasteiger partial charge in [0, 0.05) is 13.1 Å². The number of hydrogen-bond donors (Lipinski definition) is 0. The standard InChI is InChI=1S/C27H29N3OS/c1-19-17-20(2)25-23(18-19)28-27(32-25)30(16-15-29(3)4)26(31)24(21-11-7-5-8-12-21)22-13-9-6-10-14-22/h5-14,17-18,24H,15-16H2,1-4H3. The van der Waals surface area contributed by atoms with Crippen LogP contribution < -0.4 is 4.90 Å². The number of likely N-dealkylation sites (N-methyl/N-ethyl adjacent to an activating group) is 1. The Morgan fingerprint density at radius 2 is 1.50 bits per heavy atom. The summed E-state index contributed by atoms with van der Waals surface area (Å²) in [6.45, 7) is 5.54. The van der Waals surface area contributed by atoms with Gasteiger partial charge in [0.2, 0.25) is 5.91 Å². The van der Waals surface area contributed by atoms with Crippen LogP contribution in [0.4, 0.5) is 5.13 Å². The lowest BCUT2D eigenvalue weighted by Crippen LogP contribution is -2.40. The van der Waals surface area contributed by atoms with E-state index in [1.165, 1.54) is 11.1 Å². The van der Waals surface area contributed by atoms with Crippen LogP contribution in [0.25, 0.3) is 10.2 Å². The van der Waals surface area contributed by atoms with Gasteiger partial charge in [-0.15, -0.1) is 0 Å².